The van der Waals surface area contributed by atoms with Crippen molar-refractivity contribution in [2.75, 3.05) is 0 Å². The third kappa shape index (κ3) is 6.57. The Bertz CT molecular complexity index is 2720. The first-order chi connectivity index (χ1) is 29.6. The van der Waals surface area contributed by atoms with Gasteiger partial charge in [-0.05, 0) is 42.4 Å². The van der Waals surface area contributed by atoms with Crippen molar-refractivity contribution in [3.05, 3.63) is 243 Å². The Morgan fingerprint density at radius 3 is 0.583 bits per heavy atom. The van der Waals surface area contributed by atoms with E-state index < -0.39 is 26.2 Å². The van der Waals surface area contributed by atoms with Gasteiger partial charge in [0.25, 0.3) is 0 Å². The van der Waals surface area contributed by atoms with E-state index in [4.69, 9.17) is 0 Å². The van der Waals surface area contributed by atoms with Crippen LogP contribution in [0.3, 0.4) is 0 Å². The van der Waals surface area contributed by atoms with Crippen LogP contribution in [0.15, 0.2) is 243 Å². The van der Waals surface area contributed by atoms with Crippen molar-refractivity contribution in [1.29, 1.82) is 10.5 Å². The summed E-state index contributed by atoms with van der Waals surface area (Å²) in [6.07, 6.45) is 0. The van der Waals surface area contributed by atoms with Crippen molar-refractivity contribution in [2.24, 2.45) is 0 Å². The fourth-order valence-electron chi connectivity index (χ4n) is 8.42. The molecule has 0 fully saturated rings. The Morgan fingerprint density at radius 2 is 0.417 bits per heavy atom. The van der Waals surface area contributed by atoms with E-state index in [2.05, 4.69) is 255 Å². The molecule has 0 saturated heterocycles. The summed E-state index contributed by atoms with van der Waals surface area (Å²) in [5.41, 5.74) is 0. The molecular formula is C52H40N2P6. The second-order valence-corrected chi connectivity index (χ2v) is 37.8. The lowest BCUT2D eigenvalue weighted by Crippen LogP contribution is -2.30. The minimum absolute atomic E-state index is 0.956. The SMILES string of the molecule is N#CC1=P(c2ccccc2)(c2ccccc2)P=P(c2ccccc2)(c2ccccc2)C(C#N)=P(c2ccccc2)(c2ccccc2)P=P1(c1ccccc1)c1ccccc1. The zero-order chi connectivity index (χ0) is 40.9. The second-order valence-electron chi connectivity index (χ2n) is 14.3. The topological polar surface area (TPSA) is 47.6 Å². The fourth-order valence-corrected chi connectivity index (χ4v) is 62.9. The molecule has 1 aliphatic heterocycles. The van der Waals surface area contributed by atoms with Crippen LogP contribution < -0.4 is 42.4 Å². The third-order valence-corrected chi connectivity index (χ3v) is 49.6. The van der Waals surface area contributed by atoms with Gasteiger partial charge in [0.05, 0.1) is 10.1 Å². The second kappa shape index (κ2) is 17.4. The van der Waals surface area contributed by atoms with Crippen molar-refractivity contribution < 1.29 is 0 Å². The minimum atomic E-state index is -3.01. The van der Waals surface area contributed by atoms with Gasteiger partial charge in [-0.1, -0.05) is 258 Å². The molecule has 0 N–H and O–H groups in total. The molecular weight excluding hydrogens is 838 g/mol. The molecule has 8 aromatic rings. The molecule has 2 nitrogen and oxygen atoms in total. The maximum absolute atomic E-state index is 12.7. The van der Waals surface area contributed by atoms with Gasteiger partial charge in [-0.2, -0.15) is 10.5 Å². The van der Waals surface area contributed by atoms with Crippen LogP contribution in [-0.2, 0) is 0 Å². The number of nitriles is 2. The standard InChI is InChI=1S/C52H40N2P6/c53-41-51-57(43-25-9-1-10-26-43,44-27-11-2-12-28-44)55-59(47-33-17-5-18-34-47,48-35-19-6-20-36-48)52(42-54)60(49-37-21-7-22-38-49,50-39-23-8-24-40-50)56-58(51,45-29-13-3-14-30-45)46-31-15-4-16-32-46/h1-40H. The summed E-state index contributed by atoms with van der Waals surface area (Å²) in [7, 11) is 2.14. The van der Waals surface area contributed by atoms with Gasteiger partial charge >= 0.3 is 0 Å². The number of rotatable bonds is 8. The van der Waals surface area contributed by atoms with Gasteiger partial charge in [-0.15, -0.1) is 0 Å². The monoisotopic (exact) mass is 878 g/mol. The van der Waals surface area contributed by atoms with Crippen molar-refractivity contribution in [3.8, 4) is 12.1 Å². The van der Waals surface area contributed by atoms with Crippen molar-refractivity contribution in [2.45, 2.75) is 0 Å². The van der Waals surface area contributed by atoms with E-state index in [1.165, 1.54) is 0 Å². The molecule has 60 heavy (non-hydrogen) atoms. The molecule has 9 rings (SSSR count). The van der Waals surface area contributed by atoms with E-state index in [0.717, 1.165) is 67.6 Å². The first-order valence-electron chi connectivity index (χ1n) is 19.7. The Balaban J connectivity index is 1.79. The molecule has 1 aliphatic rings. The molecule has 8 aromatic carbocycles. The number of benzene rings is 8. The van der Waals surface area contributed by atoms with Crippen LogP contribution >= 0.6 is 41.4 Å². The van der Waals surface area contributed by atoms with Gasteiger partial charge in [0.2, 0.25) is 0 Å². The maximum atomic E-state index is 12.7. The molecule has 0 radical (unpaired) electrons. The number of hydrogen-bond acceptors (Lipinski definition) is 2. The van der Waals surface area contributed by atoms with Crippen molar-refractivity contribution in [1.82, 2.24) is 0 Å². The normalized spacial score (nSPS) is 16.6. The first-order valence-corrected chi connectivity index (χ1v) is 31.5. The minimum Gasteiger partial charge on any atom is -0.192 e. The molecule has 0 unspecified atom stereocenters. The lowest BCUT2D eigenvalue weighted by molar-refractivity contribution is 1.56. The Labute approximate surface area is 357 Å². The van der Waals surface area contributed by atoms with E-state index >= 15 is 0 Å². The summed E-state index contributed by atoms with van der Waals surface area (Å²) in [6.45, 7) is -12.0. The molecule has 0 aliphatic carbocycles. The van der Waals surface area contributed by atoms with E-state index in [0.29, 0.717) is 0 Å². The van der Waals surface area contributed by atoms with Gasteiger partial charge in [-0.25, -0.2) is 0 Å². The van der Waals surface area contributed by atoms with Crippen LogP contribution in [0, 0.1) is 22.7 Å². The molecule has 0 spiro atoms. The van der Waals surface area contributed by atoms with Gasteiger partial charge in [0.1, 0.15) is 12.1 Å². The fraction of sp³-hybridized carbons (Fsp3) is 0. The average molecular weight is 879 g/mol. The molecule has 0 bridgehead atoms. The van der Waals surface area contributed by atoms with Gasteiger partial charge in [0.15, 0.2) is 0 Å². The summed E-state index contributed by atoms with van der Waals surface area (Å²) in [5, 5.41) is 36.5. The Morgan fingerprint density at radius 1 is 0.250 bits per heavy atom. The zero-order valence-corrected chi connectivity index (χ0v) is 38.0. The van der Waals surface area contributed by atoms with Crippen molar-refractivity contribution >= 4 is 93.9 Å². The number of nitrogens with zero attached hydrogens (tertiary/aromatic N) is 2. The van der Waals surface area contributed by atoms with E-state index in [-0.39, 0.29) is 0 Å². The summed E-state index contributed by atoms with van der Waals surface area (Å²) in [4.78, 5) is 0. The lowest BCUT2D eigenvalue weighted by atomic mass is 10.4. The quantitative estimate of drug-likeness (QED) is 0.143. The smallest absolute Gasteiger partial charge is 0.102 e. The van der Waals surface area contributed by atoms with Crippen molar-refractivity contribution in [3.63, 3.8) is 0 Å². The van der Waals surface area contributed by atoms with Crippen LogP contribution in [0.2, 0.25) is 0 Å². The highest BCUT2D eigenvalue weighted by Crippen LogP contribution is 2.86. The predicted molar refractivity (Wildman–Crippen MR) is 271 cm³/mol. The van der Waals surface area contributed by atoms with Gasteiger partial charge in [-0.3, -0.25) is 0 Å². The van der Waals surface area contributed by atoms with Crippen LogP contribution in [0.5, 0.6) is 0 Å². The highest BCUT2D eigenvalue weighted by molar-refractivity contribution is 8.66. The summed E-state index contributed by atoms with van der Waals surface area (Å²) in [5.74, 6) is 0. The molecule has 0 amide bonds. The molecule has 0 aromatic heterocycles. The van der Waals surface area contributed by atoms with E-state index in [1.807, 2.05) is 0 Å². The van der Waals surface area contributed by atoms with Crippen LogP contribution in [0.1, 0.15) is 0 Å². The largest absolute Gasteiger partial charge is 0.192 e. The summed E-state index contributed by atoms with van der Waals surface area (Å²) < 4.78 is 0. The number of hydrogen-bond donors (Lipinski definition) is 0. The predicted octanol–water partition coefficient (Wildman–Crippen LogP) is 11.5. The highest BCUT2D eigenvalue weighted by Gasteiger charge is 2.47. The Hall–Kier alpha value is -5.20. The Kier molecular flexibility index (Phi) is 11.7. The van der Waals surface area contributed by atoms with E-state index in [9.17, 15) is 10.5 Å². The van der Waals surface area contributed by atoms with Crippen LogP contribution in [0.4, 0.5) is 0 Å². The van der Waals surface area contributed by atoms with Gasteiger partial charge in [0, 0.05) is 26.2 Å². The molecule has 288 valence electrons. The lowest BCUT2D eigenvalue weighted by Gasteiger charge is -2.43. The molecule has 1 heterocycles. The molecule has 0 saturated carbocycles. The summed E-state index contributed by atoms with van der Waals surface area (Å²) in [6, 6.07) is 93.5. The average Bonchev–Trinajstić information content (AvgIpc) is 3.34. The van der Waals surface area contributed by atoms with Crippen LogP contribution in [-0.4, -0.2) is 10.1 Å². The first kappa shape index (κ1) is 40.2. The maximum Gasteiger partial charge on any atom is 0.102 e. The van der Waals surface area contributed by atoms with Gasteiger partial charge < -0.3 is 0 Å². The third-order valence-electron chi connectivity index (χ3n) is 11.0. The molecule has 0 atom stereocenters. The van der Waals surface area contributed by atoms with Crippen LogP contribution in [0.25, 0.3) is 0 Å². The highest BCUT2D eigenvalue weighted by atomic mass is 32.3. The summed E-state index contributed by atoms with van der Waals surface area (Å²) >= 11 is 0. The zero-order valence-electron chi connectivity index (χ0n) is 32.7. The molecule has 8 heteroatoms. The van der Waals surface area contributed by atoms with E-state index in [1.54, 1.807) is 0 Å².